The second kappa shape index (κ2) is 8.22. The van der Waals surface area contributed by atoms with Gasteiger partial charge in [-0.15, -0.1) is 0 Å². The van der Waals surface area contributed by atoms with Crippen LogP contribution in [0.1, 0.15) is 60.8 Å². The maximum absolute atomic E-state index is 13.1. The number of nitrogens with zero attached hydrogens (tertiary/aromatic N) is 1. The number of benzene rings is 2. The van der Waals surface area contributed by atoms with Crippen LogP contribution in [-0.4, -0.2) is 28.9 Å². The number of amides is 1. The Labute approximate surface area is 167 Å². The molecule has 2 heterocycles. The Bertz CT molecular complexity index is 966. The average molecular weight is 375 g/mol. The van der Waals surface area contributed by atoms with E-state index in [2.05, 4.69) is 72.4 Å². The first kappa shape index (κ1) is 18.8. The molecule has 2 aromatic carbocycles. The van der Waals surface area contributed by atoms with Crippen LogP contribution in [0, 0.1) is 6.92 Å². The molecule has 3 aromatic rings. The van der Waals surface area contributed by atoms with Crippen molar-refractivity contribution in [2.45, 2.75) is 51.9 Å². The molecular weight excluding hydrogens is 344 g/mol. The minimum atomic E-state index is 0.0789. The van der Waals surface area contributed by atoms with Crippen molar-refractivity contribution in [1.29, 1.82) is 0 Å². The SMILES string of the molecule is CCc1cccc2c(C(CC(=O)N3CCCCC3)c3cccc(C)c3)c[nH]c12. The summed E-state index contributed by atoms with van der Waals surface area (Å²) in [6, 6.07) is 15.1. The molecule has 1 fully saturated rings. The summed E-state index contributed by atoms with van der Waals surface area (Å²) in [5.74, 6) is 0.363. The van der Waals surface area contributed by atoms with E-state index in [1.165, 1.54) is 39.6 Å². The zero-order valence-electron chi connectivity index (χ0n) is 17.0. The molecule has 0 saturated carbocycles. The first-order chi connectivity index (χ1) is 13.7. The number of carbonyl (C=O) groups excluding carboxylic acids is 1. The van der Waals surface area contributed by atoms with Crippen LogP contribution in [0.2, 0.25) is 0 Å². The number of aromatic nitrogens is 1. The Hall–Kier alpha value is -2.55. The molecule has 28 heavy (non-hydrogen) atoms. The molecule has 1 amide bonds. The minimum absolute atomic E-state index is 0.0789. The van der Waals surface area contributed by atoms with Gasteiger partial charge in [0.25, 0.3) is 0 Å². The summed E-state index contributed by atoms with van der Waals surface area (Å²) < 4.78 is 0. The average Bonchev–Trinajstić information content (AvgIpc) is 3.16. The second-order valence-electron chi connectivity index (χ2n) is 8.05. The van der Waals surface area contributed by atoms with Crippen LogP contribution < -0.4 is 0 Å². The summed E-state index contributed by atoms with van der Waals surface area (Å²) in [6.45, 7) is 6.13. The molecule has 1 aromatic heterocycles. The van der Waals surface area contributed by atoms with Gasteiger partial charge >= 0.3 is 0 Å². The highest BCUT2D eigenvalue weighted by Gasteiger charge is 2.25. The van der Waals surface area contributed by atoms with E-state index in [0.717, 1.165) is 32.4 Å². The van der Waals surface area contributed by atoms with Crippen molar-refractivity contribution >= 4 is 16.8 Å². The van der Waals surface area contributed by atoms with E-state index in [4.69, 9.17) is 0 Å². The Balaban J connectivity index is 1.74. The van der Waals surface area contributed by atoms with E-state index in [1.54, 1.807) is 0 Å². The molecule has 146 valence electrons. The smallest absolute Gasteiger partial charge is 0.223 e. The molecule has 1 atom stereocenters. The topological polar surface area (TPSA) is 36.1 Å². The first-order valence-corrected chi connectivity index (χ1v) is 10.6. The van der Waals surface area contributed by atoms with Gasteiger partial charge in [-0.3, -0.25) is 4.79 Å². The van der Waals surface area contributed by atoms with Gasteiger partial charge in [-0.25, -0.2) is 0 Å². The zero-order chi connectivity index (χ0) is 19.5. The van der Waals surface area contributed by atoms with Crippen molar-refractivity contribution in [1.82, 2.24) is 9.88 Å². The number of likely N-dealkylation sites (tertiary alicyclic amines) is 1. The molecule has 1 aliphatic rings. The van der Waals surface area contributed by atoms with Crippen molar-refractivity contribution in [2.75, 3.05) is 13.1 Å². The second-order valence-corrected chi connectivity index (χ2v) is 8.05. The molecule has 0 aliphatic carbocycles. The van der Waals surface area contributed by atoms with Gasteiger partial charge in [-0.1, -0.05) is 55.0 Å². The highest BCUT2D eigenvalue weighted by Crippen LogP contribution is 2.35. The van der Waals surface area contributed by atoms with E-state index in [9.17, 15) is 4.79 Å². The van der Waals surface area contributed by atoms with Gasteiger partial charge in [-0.05, 0) is 49.3 Å². The van der Waals surface area contributed by atoms with Gasteiger partial charge in [0.15, 0.2) is 0 Å². The van der Waals surface area contributed by atoms with Gasteiger partial charge < -0.3 is 9.88 Å². The van der Waals surface area contributed by atoms with Crippen LogP contribution in [0.15, 0.2) is 48.7 Å². The monoisotopic (exact) mass is 374 g/mol. The lowest BCUT2D eigenvalue weighted by Crippen LogP contribution is -2.36. The van der Waals surface area contributed by atoms with Gasteiger partial charge in [-0.2, -0.15) is 0 Å². The number of carbonyl (C=O) groups is 1. The number of hydrogen-bond donors (Lipinski definition) is 1. The number of rotatable bonds is 5. The first-order valence-electron chi connectivity index (χ1n) is 10.6. The van der Waals surface area contributed by atoms with Crippen LogP contribution in [0.4, 0.5) is 0 Å². The predicted octanol–water partition coefficient (Wildman–Crippen LogP) is 5.57. The molecule has 1 unspecified atom stereocenters. The Kier molecular flexibility index (Phi) is 5.52. The number of H-pyrrole nitrogens is 1. The van der Waals surface area contributed by atoms with Gasteiger partial charge in [0, 0.05) is 42.5 Å². The zero-order valence-corrected chi connectivity index (χ0v) is 17.0. The van der Waals surface area contributed by atoms with Gasteiger partial charge in [0.05, 0.1) is 0 Å². The lowest BCUT2D eigenvalue weighted by atomic mass is 9.86. The lowest BCUT2D eigenvalue weighted by Gasteiger charge is -2.28. The molecule has 3 heteroatoms. The molecule has 0 radical (unpaired) electrons. The standard InChI is InChI=1S/C25H30N2O/c1-3-19-10-8-12-21-23(17-26-25(19)21)22(20-11-7-9-18(2)15-20)16-24(28)27-13-5-4-6-14-27/h7-12,15,17,22,26H,3-6,13-14,16H2,1-2H3. The highest BCUT2D eigenvalue weighted by atomic mass is 16.2. The summed E-state index contributed by atoms with van der Waals surface area (Å²) in [4.78, 5) is 18.7. The summed E-state index contributed by atoms with van der Waals surface area (Å²) >= 11 is 0. The molecule has 1 saturated heterocycles. The number of para-hydroxylation sites is 1. The van der Waals surface area contributed by atoms with E-state index in [-0.39, 0.29) is 11.8 Å². The number of nitrogens with one attached hydrogen (secondary N) is 1. The fourth-order valence-corrected chi connectivity index (χ4v) is 4.56. The number of aryl methyl sites for hydroxylation is 2. The summed E-state index contributed by atoms with van der Waals surface area (Å²) in [7, 11) is 0. The number of hydrogen-bond acceptors (Lipinski definition) is 1. The predicted molar refractivity (Wildman–Crippen MR) is 116 cm³/mol. The number of aromatic amines is 1. The molecule has 1 N–H and O–H groups in total. The quantitative estimate of drug-likeness (QED) is 0.622. The van der Waals surface area contributed by atoms with Crippen molar-refractivity contribution in [2.24, 2.45) is 0 Å². The molecule has 3 nitrogen and oxygen atoms in total. The lowest BCUT2D eigenvalue weighted by molar-refractivity contribution is -0.132. The van der Waals surface area contributed by atoms with Crippen LogP contribution in [0.25, 0.3) is 10.9 Å². The molecule has 0 bridgehead atoms. The van der Waals surface area contributed by atoms with Crippen LogP contribution >= 0.6 is 0 Å². The fourth-order valence-electron chi connectivity index (χ4n) is 4.56. The third-order valence-electron chi connectivity index (χ3n) is 6.12. The fraction of sp³-hybridized carbons (Fsp3) is 0.400. The van der Waals surface area contributed by atoms with Crippen LogP contribution in [0.5, 0.6) is 0 Å². The maximum Gasteiger partial charge on any atom is 0.223 e. The molecular formula is C25H30N2O. The van der Waals surface area contributed by atoms with E-state index in [0.29, 0.717) is 6.42 Å². The van der Waals surface area contributed by atoms with Crippen molar-refractivity contribution in [3.05, 3.63) is 70.9 Å². The van der Waals surface area contributed by atoms with Crippen molar-refractivity contribution < 1.29 is 4.79 Å². The highest BCUT2D eigenvalue weighted by molar-refractivity contribution is 5.88. The van der Waals surface area contributed by atoms with E-state index >= 15 is 0 Å². The Morgan fingerprint density at radius 3 is 2.64 bits per heavy atom. The van der Waals surface area contributed by atoms with Crippen molar-refractivity contribution in [3.63, 3.8) is 0 Å². The maximum atomic E-state index is 13.1. The molecule has 0 spiro atoms. The van der Waals surface area contributed by atoms with Crippen molar-refractivity contribution in [3.8, 4) is 0 Å². The normalized spacial score (nSPS) is 15.7. The third-order valence-corrected chi connectivity index (χ3v) is 6.12. The number of fused-ring (bicyclic) bond motifs is 1. The number of piperidine rings is 1. The van der Waals surface area contributed by atoms with Gasteiger partial charge in [0.2, 0.25) is 5.91 Å². The van der Waals surface area contributed by atoms with Crippen LogP contribution in [-0.2, 0) is 11.2 Å². The summed E-state index contributed by atoms with van der Waals surface area (Å²) in [5.41, 5.74) is 6.24. The third kappa shape index (κ3) is 3.71. The Morgan fingerprint density at radius 1 is 1.11 bits per heavy atom. The van der Waals surface area contributed by atoms with Crippen LogP contribution in [0.3, 0.4) is 0 Å². The molecule has 1 aliphatic heterocycles. The summed E-state index contributed by atoms with van der Waals surface area (Å²) in [5, 5.41) is 1.25. The van der Waals surface area contributed by atoms with E-state index in [1.807, 2.05) is 0 Å². The molecule has 4 rings (SSSR count). The van der Waals surface area contributed by atoms with E-state index < -0.39 is 0 Å². The Morgan fingerprint density at radius 2 is 1.89 bits per heavy atom. The summed E-state index contributed by atoms with van der Waals surface area (Å²) in [6.07, 6.45) is 7.17. The van der Waals surface area contributed by atoms with Gasteiger partial charge in [0.1, 0.15) is 0 Å². The largest absolute Gasteiger partial charge is 0.361 e. The minimum Gasteiger partial charge on any atom is -0.361 e.